The molecule has 2 nitrogen and oxygen atoms in total. The third-order valence-electron chi connectivity index (χ3n) is 20.9. The van der Waals surface area contributed by atoms with E-state index < -0.39 is 10.8 Å². The van der Waals surface area contributed by atoms with E-state index in [2.05, 4.69) is 341 Å². The van der Waals surface area contributed by atoms with Crippen molar-refractivity contribution in [2.75, 3.05) is 9.80 Å². The van der Waals surface area contributed by atoms with Crippen LogP contribution in [0.1, 0.15) is 94.5 Å². The van der Waals surface area contributed by atoms with Crippen molar-refractivity contribution in [3.05, 3.63) is 370 Å². The fourth-order valence-corrected chi connectivity index (χ4v) is 17.1. The van der Waals surface area contributed by atoms with Crippen molar-refractivity contribution in [2.45, 2.75) is 49.4 Å². The summed E-state index contributed by atoms with van der Waals surface area (Å²) in [5.74, 6) is 0. The van der Waals surface area contributed by atoms with E-state index in [1.165, 1.54) is 122 Å². The molecule has 2 heteroatoms. The van der Waals surface area contributed by atoms with Crippen molar-refractivity contribution in [3.63, 3.8) is 0 Å². The number of hydrogen-bond acceptors (Lipinski definition) is 2. The van der Waals surface area contributed by atoms with Gasteiger partial charge in [-0.05, 0) is 195 Å². The highest BCUT2D eigenvalue weighted by molar-refractivity contribution is 5.97. The van der Waals surface area contributed by atoms with Gasteiger partial charge in [0.25, 0.3) is 0 Å². The molecule has 18 rings (SSSR count). The van der Waals surface area contributed by atoms with Crippen LogP contribution < -0.4 is 9.80 Å². The van der Waals surface area contributed by atoms with E-state index in [4.69, 9.17) is 0 Å². The molecule has 0 fully saturated rings. The molecule has 0 unspecified atom stereocenters. The number of fused-ring (bicyclic) bond motifs is 22. The first-order valence-corrected chi connectivity index (χ1v) is 31.2. The van der Waals surface area contributed by atoms with E-state index in [1.54, 1.807) is 0 Å². The Bertz CT molecular complexity index is 5000. The van der Waals surface area contributed by atoms with Crippen LogP contribution in [0.4, 0.5) is 34.1 Å². The van der Waals surface area contributed by atoms with Crippen LogP contribution in [0.2, 0.25) is 0 Å². The lowest BCUT2D eigenvalue weighted by atomic mass is 9.52. The summed E-state index contributed by atoms with van der Waals surface area (Å²) in [5.41, 5.74) is 33.8. The van der Waals surface area contributed by atoms with Crippen LogP contribution in [0, 0.1) is 0 Å². The van der Waals surface area contributed by atoms with Gasteiger partial charge in [0.05, 0.1) is 10.8 Å². The first kappa shape index (κ1) is 50.8. The summed E-state index contributed by atoms with van der Waals surface area (Å²) in [4.78, 5) is 4.98. The zero-order chi connectivity index (χ0) is 58.7. The molecule has 5 aliphatic carbocycles. The summed E-state index contributed by atoms with van der Waals surface area (Å²) in [7, 11) is 0. The number of para-hydroxylation sites is 1. The topological polar surface area (TPSA) is 6.48 Å². The van der Waals surface area contributed by atoms with Gasteiger partial charge in [0.15, 0.2) is 0 Å². The Hall–Kier alpha value is -10.5. The second kappa shape index (κ2) is 18.5. The number of hydrogen-bond donors (Lipinski definition) is 0. The lowest BCUT2D eigenvalue weighted by molar-refractivity contribution is 0.633. The lowest BCUT2D eigenvalue weighted by Crippen LogP contribution is -2.43. The Morgan fingerprint density at radius 2 is 0.466 bits per heavy atom. The zero-order valence-electron chi connectivity index (χ0n) is 49.8. The van der Waals surface area contributed by atoms with Gasteiger partial charge in [-0.1, -0.05) is 258 Å². The average Bonchev–Trinajstić information content (AvgIpc) is 1.40. The maximum atomic E-state index is 2.55. The largest absolute Gasteiger partial charge is 0.310 e. The number of rotatable bonds is 7. The molecule has 0 saturated carbocycles. The smallest absolute Gasteiger partial charge is 0.0720 e. The molecule has 13 aromatic carbocycles. The van der Waals surface area contributed by atoms with Gasteiger partial charge in [0, 0.05) is 45.0 Å². The van der Waals surface area contributed by atoms with Crippen LogP contribution in [-0.2, 0) is 21.7 Å². The van der Waals surface area contributed by atoms with Crippen LogP contribution in [0.5, 0.6) is 0 Å². The van der Waals surface area contributed by atoms with Gasteiger partial charge in [-0.2, -0.15) is 0 Å². The van der Waals surface area contributed by atoms with E-state index in [0.29, 0.717) is 0 Å². The summed E-state index contributed by atoms with van der Waals surface area (Å²) < 4.78 is 0. The maximum Gasteiger partial charge on any atom is 0.0720 e. The lowest BCUT2D eigenvalue weighted by Gasteiger charge is -2.49. The molecule has 416 valence electrons. The minimum Gasteiger partial charge on any atom is -0.310 e. The van der Waals surface area contributed by atoms with Crippen molar-refractivity contribution >= 4 is 34.1 Å². The molecule has 0 N–H and O–H groups in total. The maximum absolute atomic E-state index is 2.55. The standard InChI is InChI=1S/C86H62N2/c1-83(2)71-31-15-11-27-63(71)67-47-43-60(52-80(67)83)87(57-25-9-6-10-26-57)59-46-50-75-70(51-59)66-30-14-18-34-74(66)85(75)76-35-19-21-37-78(76)86(79-38-22-20-36-77(79)85)73-33-17-13-29-65(73)69-49-45-62(54-82(69)86)88(58-41-39-56(40-42-58)55-23-7-5-8-24-55)61-44-48-68-64-28-12-16-32-72(64)84(3,4)81(68)53-61/h5-54H,1-4H3. The van der Waals surface area contributed by atoms with Gasteiger partial charge in [-0.25, -0.2) is 0 Å². The molecule has 13 aromatic rings. The molecule has 0 saturated heterocycles. The normalized spacial score (nSPS) is 17.4. The Kier molecular flexibility index (Phi) is 10.7. The molecule has 0 aliphatic heterocycles. The van der Waals surface area contributed by atoms with Crippen molar-refractivity contribution in [1.82, 2.24) is 0 Å². The number of anilines is 6. The van der Waals surface area contributed by atoms with Gasteiger partial charge in [0.2, 0.25) is 0 Å². The molecular weight excluding hydrogens is 1060 g/mol. The first-order valence-electron chi connectivity index (χ1n) is 31.2. The van der Waals surface area contributed by atoms with Crippen molar-refractivity contribution in [1.29, 1.82) is 0 Å². The highest BCUT2D eigenvalue weighted by Gasteiger charge is 2.59. The molecular formula is C86H62N2. The van der Waals surface area contributed by atoms with Gasteiger partial charge in [-0.3, -0.25) is 0 Å². The highest BCUT2D eigenvalue weighted by Crippen LogP contribution is 2.68. The van der Waals surface area contributed by atoms with Crippen LogP contribution >= 0.6 is 0 Å². The van der Waals surface area contributed by atoms with E-state index in [1.807, 2.05) is 0 Å². The van der Waals surface area contributed by atoms with Crippen LogP contribution in [-0.4, -0.2) is 0 Å². The van der Waals surface area contributed by atoms with E-state index in [9.17, 15) is 0 Å². The second-order valence-corrected chi connectivity index (χ2v) is 25.9. The summed E-state index contributed by atoms with van der Waals surface area (Å²) in [6, 6.07) is 115. The zero-order valence-corrected chi connectivity index (χ0v) is 49.8. The highest BCUT2D eigenvalue weighted by atomic mass is 15.1. The SMILES string of the molecule is CC1(C)c2ccccc2-c2ccc(N(c3ccccc3)c3ccc4c(c3)-c3ccccc3C43c4ccccc4C4(c5ccccc5-c5ccc(N(c6ccc(-c7ccccc7)cc6)c6ccc7c(c6)C(C)(C)c6ccccc6-7)cc54)c4ccccc43)cc21. The summed E-state index contributed by atoms with van der Waals surface area (Å²) in [6.07, 6.45) is 0. The van der Waals surface area contributed by atoms with Crippen LogP contribution in [0.15, 0.2) is 303 Å². The Labute approximate surface area is 516 Å². The molecule has 88 heavy (non-hydrogen) atoms. The molecule has 0 radical (unpaired) electrons. The Balaban J connectivity index is 0.842. The Morgan fingerprint density at radius 1 is 0.182 bits per heavy atom. The predicted molar refractivity (Wildman–Crippen MR) is 365 cm³/mol. The van der Waals surface area contributed by atoms with Crippen molar-refractivity contribution in [2.24, 2.45) is 0 Å². The molecule has 0 heterocycles. The van der Waals surface area contributed by atoms with Gasteiger partial charge in [0.1, 0.15) is 0 Å². The van der Waals surface area contributed by atoms with Gasteiger partial charge in [-0.15, -0.1) is 0 Å². The monoisotopic (exact) mass is 1120 g/mol. The van der Waals surface area contributed by atoms with E-state index in [-0.39, 0.29) is 10.8 Å². The second-order valence-electron chi connectivity index (χ2n) is 25.9. The quantitative estimate of drug-likeness (QED) is 0.157. The van der Waals surface area contributed by atoms with Crippen LogP contribution in [0.3, 0.4) is 0 Å². The molecule has 0 atom stereocenters. The minimum absolute atomic E-state index is 0.143. The van der Waals surface area contributed by atoms with Crippen molar-refractivity contribution < 1.29 is 0 Å². The predicted octanol–water partition coefficient (Wildman–Crippen LogP) is 21.9. The Morgan fingerprint density at radius 3 is 0.943 bits per heavy atom. The minimum atomic E-state index is -0.673. The van der Waals surface area contributed by atoms with Gasteiger partial charge < -0.3 is 9.80 Å². The molecule has 2 spiro atoms. The molecule has 0 amide bonds. The number of nitrogens with zero attached hydrogens (tertiary/aromatic N) is 2. The number of benzene rings is 13. The molecule has 0 aromatic heterocycles. The summed E-state index contributed by atoms with van der Waals surface area (Å²) in [5, 5.41) is 0. The van der Waals surface area contributed by atoms with Gasteiger partial charge >= 0.3 is 0 Å². The fraction of sp³-hybridized carbons (Fsp3) is 0.0930. The third-order valence-corrected chi connectivity index (χ3v) is 20.9. The average molecular weight is 1120 g/mol. The first-order chi connectivity index (χ1) is 43.2. The molecule has 5 aliphatic rings. The fourth-order valence-electron chi connectivity index (χ4n) is 17.1. The summed E-state index contributed by atoms with van der Waals surface area (Å²) in [6.45, 7) is 9.52. The van der Waals surface area contributed by atoms with E-state index in [0.717, 1.165) is 34.1 Å². The third kappa shape index (κ3) is 6.72. The van der Waals surface area contributed by atoms with Crippen LogP contribution in [0.25, 0.3) is 55.6 Å². The van der Waals surface area contributed by atoms with E-state index >= 15 is 0 Å². The molecule has 0 bridgehead atoms. The summed E-state index contributed by atoms with van der Waals surface area (Å²) >= 11 is 0. The van der Waals surface area contributed by atoms with Crippen molar-refractivity contribution in [3.8, 4) is 55.6 Å².